The molecule has 0 heterocycles. The molecule has 0 unspecified atom stereocenters. The largest absolute Gasteiger partial charge is 0.355 e. The lowest BCUT2D eigenvalue weighted by Crippen LogP contribution is -2.15. The van der Waals surface area contributed by atoms with E-state index in [4.69, 9.17) is 0 Å². The van der Waals surface area contributed by atoms with E-state index in [0.29, 0.717) is 0 Å². The first kappa shape index (κ1) is 33.3. The van der Waals surface area contributed by atoms with E-state index in [-0.39, 0.29) is 10.8 Å². The lowest BCUT2D eigenvalue weighted by atomic mass is 9.80. The fraction of sp³-hybridized carbons (Fsp3) is 0.277. The molecule has 0 spiro atoms. The molecule has 1 N–H and O–H groups in total. The van der Waals surface area contributed by atoms with Crippen molar-refractivity contribution in [2.75, 3.05) is 5.32 Å². The topological polar surface area (TPSA) is 12.0 Å². The molecule has 0 saturated heterocycles. The zero-order chi connectivity index (χ0) is 34.1. The van der Waals surface area contributed by atoms with E-state index in [1.54, 1.807) is 0 Å². The van der Waals surface area contributed by atoms with Crippen molar-refractivity contribution >= 4 is 22.1 Å². The van der Waals surface area contributed by atoms with E-state index in [1.807, 2.05) is 13.8 Å². The van der Waals surface area contributed by atoms with Gasteiger partial charge in [0.05, 0.1) is 0 Å². The van der Waals surface area contributed by atoms with Crippen LogP contribution in [-0.4, -0.2) is 0 Å². The minimum absolute atomic E-state index is 0.0112. The molecule has 1 heteroatoms. The van der Waals surface area contributed by atoms with Crippen LogP contribution in [-0.2, 0) is 10.8 Å². The quantitative estimate of drug-likeness (QED) is 0.200. The summed E-state index contributed by atoms with van der Waals surface area (Å²) in [6.07, 6.45) is 4.08. The number of rotatable bonds is 5. The molecule has 2 aliphatic carbocycles. The molecule has 6 aromatic rings. The van der Waals surface area contributed by atoms with Crippen molar-refractivity contribution in [3.63, 3.8) is 0 Å². The molecule has 0 bridgehead atoms. The number of nitrogens with one attached hydrogen (secondary N) is 1. The number of hydrogen-bond donors (Lipinski definition) is 1. The van der Waals surface area contributed by atoms with E-state index in [2.05, 4.69) is 168 Å². The molecule has 1 nitrogen and oxygen atoms in total. The highest BCUT2D eigenvalue weighted by Gasteiger charge is 2.38. The first-order valence-corrected chi connectivity index (χ1v) is 18.0. The molecule has 244 valence electrons. The molecule has 0 fully saturated rings. The molecule has 48 heavy (non-hydrogen) atoms. The normalized spacial score (nSPS) is 14.0. The van der Waals surface area contributed by atoms with E-state index >= 15 is 0 Å². The number of benzene rings is 6. The van der Waals surface area contributed by atoms with E-state index < -0.39 is 0 Å². The fourth-order valence-electron chi connectivity index (χ4n) is 7.88. The zero-order valence-corrected chi connectivity index (χ0v) is 30.2. The summed E-state index contributed by atoms with van der Waals surface area (Å²) in [5.74, 6) is 0. The van der Waals surface area contributed by atoms with Gasteiger partial charge in [0.1, 0.15) is 0 Å². The third-order valence-electron chi connectivity index (χ3n) is 10.4. The Morgan fingerprint density at radius 1 is 0.479 bits per heavy atom. The first-order chi connectivity index (χ1) is 23.3. The standard InChI is InChI=1S/C40H33N.C5H12.C2H6/c1-39(2)32-18-11-10-17-29(32)38-33(39)19-12-20-36(38)41-26-21-22-30-34(23-26)40(3,4)35-24-31(25-13-6-5-7-14-25)27-15-8-9-16-28(27)37(30)35;1-3-5-4-2;1-2/h5-24,41H,1-4H3;3-5H2,1-2H3;1-2H3. The van der Waals surface area contributed by atoms with Crippen LogP contribution in [0.15, 0.2) is 121 Å². The molecule has 0 aromatic heterocycles. The van der Waals surface area contributed by atoms with Crippen LogP contribution in [0.25, 0.3) is 44.2 Å². The summed E-state index contributed by atoms with van der Waals surface area (Å²) in [4.78, 5) is 0. The van der Waals surface area contributed by atoms with E-state index in [0.717, 1.165) is 5.69 Å². The molecular formula is C47H51N. The number of fused-ring (bicyclic) bond motifs is 8. The minimum Gasteiger partial charge on any atom is -0.355 e. The fourth-order valence-corrected chi connectivity index (χ4v) is 7.88. The highest BCUT2D eigenvalue weighted by molar-refractivity contribution is 6.09. The van der Waals surface area contributed by atoms with Crippen molar-refractivity contribution in [3.8, 4) is 33.4 Å². The summed E-state index contributed by atoms with van der Waals surface area (Å²) in [7, 11) is 0. The molecule has 0 atom stereocenters. The SMILES string of the molecule is CC.CC1(C)c2ccccc2-c2c(Nc3ccc4c(c3)C(C)(C)c3cc(-c5ccccc5)c5ccccc5c3-4)cccc21.CCCCC. The summed E-state index contributed by atoms with van der Waals surface area (Å²) in [6.45, 7) is 17.9. The van der Waals surface area contributed by atoms with E-state index in [1.165, 1.54) is 91.4 Å². The predicted molar refractivity (Wildman–Crippen MR) is 211 cm³/mol. The second-order valence-corrected chi connectivity index (χ2v) is 14.0. The van der Waals surface area contributed by atoms with Gasteiger partial charge < -0.3 is 5.32 Å². The van der Waals surface area contributed by atoms with Crippen molar-refractivity contribution in [1.82, 2.24) is 0 Å². The summed E-state index contributed by atoms with van der Waals surface area (Å²) >= 11 is 0. The van der Waals surface area contributed by atoms with Gasteiger partial charge in [0.25, 0.3) is 0 Å². The van der Waals surface area contributed by atoms with Crippen LogP contribution < -0.4 is 5.32 Å². The van der Waals surface area contributed by atoms with Crippen molar-refractivity contribution in [2.24, 2.45) is 0 Å². The summed E-state index contributed by atoms with van der Waals surface area (Å²) < 4.78 is 0. The van der Waals surface area contributed by atoms with Crippen LogP contribution in [0.4, 0.5) is 11.4 Å². The van der Waals surface area contributed by atoms with Gasteiger partial charge >= 0.3 is 0 Å². The van der Waals surface area contributed by atoms with Gasteiger partial charge in [-0.25, -0.2) is 0 Å². The lowest BCUT2D eigenvalue weighted by molar-refractivity contribution is 0.660. The van der Waals surface area contributed by atoms with Crippen molar-refractivity contribution in [1.29, 1.82) is 0 Å². The molecule has 2 aliphatic rings. The maximum Gasteiger partial charge on any atom is 0.0467 e. The summed E-state index contributed by atoms with van der Waals surface area (Å²) in [5, 5.41) is 6.49. The predicted octanol–water partition coefficient (Wildman–Crippen LogP) is 14.1. The van der Waals surface area contributed by atoms with Gasteiger partial charge in [-0.2, -0.15) is 0 Å². The van der Waals surface area contributed by atoms with Gasteiger partial charge in [0.2, 0.25) is 0 Å². The molecule has 0 amide bonds. The third-order valence-corrected chi connectivity index (χ3v) is 10.4. The van der Waals surface area contributed by atoms with Gasteiger partial charge in [-0.05, 0) is 85.1 Å². The molecule has 0 aliphatic heterocycles. The van der Waals surface area contributed by atoms with Crippen LogP contribution >= 0.6 is 0 Å². The van der Waals surface area contributed by atoms with Crippen molar-refractivity contribution < 1.29 is 0 Å². The molecule has 0 radical (unpaired) electrons. The monoisotopic (exact) mass is 629 g/mol. The molecule has 8 rings (SSSR count). The zero-order valence-electron chi connectivity index (χ0n) is 30.2. The van der Waals surface area contributed by atoms with E-state index in [9.17, 15) is 0 Å². The van der Waals surface area contributed by atoms with Crippen LogP contribution in [0.3, 0.4) is 0 Å². The Hall–Kier alpha value is -4.62. The van der Waals surface area contributed by atoms with Crippen LogP contribution in [0, 0.1) is 0 Å². The Kier molecular flexibility index (Phi) is 9.35. The van der Waals surface area contributed by atoms with Gasteiger partial charge in [-0.1, -0.05) is 172 Å². The number of anilines is 2. The Balaban J connectivity index is 0.000000528. The highest BCUT2D eigenvalue weighted by Crippen LogP contribution is 2.55. The third kappa shape index (κ3) is 5.54. The number of unbranched alkanes of at least 4 members (excludes halogenated alkanes) is 2. The smallest absolute Gasteiger partial charge is 0.0467 e. The maximum atomic E-state index is 3.85. The Morgan fingerprint density at radius 3 is 1.79 bits per heavy atom. The van der Waals surface area contributed by atoms with Crippen LogP contribution in [0.5, 0.6) is 0 Å². The van der Waals surface area contributed by atoms with Gasteiger partial charge in [0.15, 0.2) is 0 Å². The number of hydrogen-bond acceptors (Lipinski definition) is 1. The van der Waals surface area contributed by atoms with Crippen molar-refractivity contribution in [3.05, 3.63) is 144 Å². The Bertz CT molecular complexity index is 2060. The molecule has 6 aromatic carbocycles. The summed E-state index contributed by atoms with van der Waals surface area (Å²) in [5.41, 5.74) is 15.7. The second kappa shape index (κ2) is 13.5. The molecular weight excluding hydrogens is 579 g/mol. The first-order valence-electron chi connectivity index (χ1n) is 18.0. The van der Waals surface area contributed by atoms with Crippen LogP contribution in [0.2, 0.25) is 0 Å². The highest BCUT2D eigenvalue weighted by atomic mass is 14.9. The van der Waals surface area contributed by atoms with Gasteiger partial charge in [-0.15, -0.1) is 0 Å². The average molecular weight is 630 g/mol. The minimum atomic E-state index is -0.122. The average Bonchev–Trinajstić information content (AvgIpc) is 3.50. The summed E-state index contributed by atoms with van der Waals surface area (Å²) in [6, 6.07) is 44.7. The second-order valence-electron chi connectivity index (χ2n) is 14.0. The van der Waals surface area contributed by atoms with Crippen LogP contribution in [0.1, 0.15) is 96.9 Å². The molecule has 0 saturated carbocycles. The lowest BCUT2D eigenvalue weighted by Gasteiger charge is -2.24. The van der Waals surface area contributed by atoms with Crippen molar-refractivity contribution in [2.45, 2.75) is 85.5 Å². The van der Waals surface area contributed by atoms with Gasteiger partial charge in [0, 0.05) is 27.8 Å². The Labute approximate surface area is 289 Å². The Morgan fingerprint density at radius 2 is 1.08 bits per heavy atom. The van der Waals surface area contributed by atoms with Gasteiger partial charge in [-0.3, -0.25) is 0 Å². The maximum absolute atomic E-state index is 3.85.